The van der Waals surface area contributed by atoms with E-state index in [0.29, 0.717) is 11.5 Å². The van der Waals surface area contributed by atoms with Gasteiger partial charge in [-0.3, -0.25) is 0 Å². The van der Waals surface area contributed by atoms with Crippen molar-refractivity contribution in [3.8, 4) is 11.5 Å². The molecule has 2 aromatic rings. The molecular weight excluding hydrogens is 264 g/mol. The maximum Gasteiger partial charge on any atom is 0.131 e. The number of ether oxygens (including phenoxy) is 2. The van der Waals surface area contributed by atoms with Gasteiger partial charge in [-0.2, -0.15) is 0 Å². The molecule has 0 spiro atoms. The molecule has 3 nitrogen and oxygen atoms in total. The van der Waals surface area contributed by atoms with E-state index in [4.69, 9.17) is 15.2 Å². The Hall–Kier alpha value is -2.14. The zero-order chi connectivity index (χ0) is 14.5. The minimum absolute atomic E-state index is 0.0921. The Labute approximate surface area is 115 Å². The largest absolute Gasteiger partial charge is 0.497 e. The topological polar surface area (TPSA) is 44.5 Å². The van der Waals surface area contributed by atoms with E-state index < -0.39 is 17.7 Å². The first-order valence-corrected chi connectivity index (χ1v) is 6.07. The molecule has 5 heteroatoms. The summed E-state index contributed by atoms with van der Waals surface area (Å²) in [6, 6.07) is 9.59. The van der Waals surface area contributed by atoms with Gasteiger partial charge in [-0.15, -0.1) is 0 Å². The van der Waals surface area contributed by atoms with Crippen LogP contribution >= 0.6 is 0 Å². The van der Waals surface area contributed by atoms with Crippen LogP contribution in [0.4, 0.5) is 8.78 Å². The number of nitrogens with two attached hydrogens (primary N) is 1. The highest BCUT2D eigenvalue weighted by atomic mass is 19.1. The van der Waals surface area contributed by atoms with Gasteiger partial charge in [-0.05, 0) is 30.3 Å². The maximum absolute atomic E-state index is 13.5. The summed E-state index contributed by atoms with van der Waals surface area (Å²) in [5.74, 6) is 0.0142. The fraction of sp³-hybridized carbons (Fsp3) is 0.200. The highest BCUT2D eigenvalue weighted by Gasteiger charge is 2.13. The fourth-order valence-corrected chi connectivity index (χ4v) is 1.75. The Morgan fingerprint density at radius 1 is 1.05 bits per heavy atom. The average molecular weight is 279 g/mol. The average Bonchev–Trinajstić information content (AvgIpc) is 2.45. The lowest BCUT2D eigenvalue weighted by Gasteiger charge is -2.14. The van der Waals surface area contributed by atoms with E-state index in [0.717, 1.165) is 6.07 Å². The molecule has 0 aliphatic carbocycles. The van der Waals surface area contributed by atoms with Crippen molar-refractivity contribution in [2.45, 2.75) is 6.04 Å². The van der Waals surface area contributed by atoms with Crippen molar-refractivity contribution in [1.29, 1.82) is 0 Å². The third-order valence-corrected chi connectivity index (χ3v) is 2.85. The molecule has 2 aromatic carbocycles. The highest BCUT2D eigenvalue weighted by molar-refractivity contribution is 5.31. The predicted octanol–water partition coefficient (Wildman–Crippen LogP) is 3.05. The molecule has 2 N–H and O–H groups in total. The number of hydrogen-bond donors (Lipinski definition) is 1. The third kappa shape index (κ3) is 3.45. The van der Waals surface area contributed by atoms with E-state index in [-0.39, 0.29) is 12.2 Å². The normalized spacial score (nSPS) is 12.0. The lowest BCUT2D eigenvalue weighted by molar-refractivity contribution is 0.287. The lowest BCUT2D eigenvalue weighted by atomic mass is 10.1. The van der Waals surface area contributed by atoms with Crippen LogP contribution in [0.25, 0.3) is 0 Å². The van der Waals surface area contributed by atoms with Gasteiger partial charge in [-0.1, -0.05) is 6.07 Å². The van der Waals surface area contributed by atoms with Gasteiger partial charge in [0.25, 0.3) is 0 Å². The Balaban J connectivity index is 1.98. The summed E-state index contributed by atoms with van der Waals surface area (Å²) in [7, 11) is 1.57. The molecule has 0 saturated heterocycles. The summed E-state index contributed by atoms with van der Waals surface area (Å²) in [6.07, 6.45) is 0. The van der Waals surface area contributed by atoms with E-state index in [1.807, 2.05) is 0 Å². The summed E-state index contributed by atoms with van der Waals surface area (Å²) in [4.78, 5) is 0. The van der Waals surface area contributed by atoms with Crippen molar-refractivity contribution < 1.29 is 18.3 Å². The van der Waals surface area contributed by atoms with E-state index in [1.54, 1.807) is 31.4 Å². The summed E-state index contributed by atoms with van der Waals surface area (Å²) >= 11 is 0. The van der Waals surface area contributed by atoms with Crippen LogP contribution < -0.4 is 15.2 Å². The van der Waals surface area contributed by atoms with Crippen LogP contribution in [0.15, 0.2) is 42.5 Å². The molecule has 0 saturated carbocycles. The van der Waals surface area contributed by atoms with Gasteiger partial charge in [0.05, 0.1) is 13.2 Å². The smallest absolute Gasteiger partial charge is 0.131 e. The first-order valence-electron chi connectivity index (χ1n) is 6.07. The Bertz CT molecular complexity index is 573. The van der Waals surface area contributed by atoms with Crippen LogP contribution in [-0.4, -0.2) is 13.7 Å². The molecule has 0 bridgehead atoms. The molecule has 0 aliphatic rings. The predicted molar refractivity (Wildman–Crippen MR) is 71.8 cm³/mol. The van der Waals surface area contributed by atoms with E-state index >= 15 is 0 Å². The van der Waals surface area contributed by atoms with Gasteiger partial charge in [0.2, 0.25) is 0 Å². The van der Waals surface area contributed by atoms with Crippen molar-refractivity contribution in [3.05, 3.63) is 59.7 Å². The number of hydrogen-bond acceptors (Lipinski definition) is 3. The second-order valence-corrected chi connectivity index (χ2v) is 4.26. The molecular formula is C15H15F2NO2. The van der Waals surface area contributed by atoms with Crippen LogP contribution in [0.2, 0.25) is 0 Å². The first-order chi connectivity index (χ1) is 9.60. The molecule has 0 aromatic heterocycles. The zero-order valence-electron chi connectivity index (χ0n) is 11.0. The number of methoxy groups -OCH3 is 1. The van der Waals surface area contributed by atoms with E-state index in [1.165, 1.54) is 12.1 Å². The van der Waals surface area contributed by atoms with Crippen LogP contribution in [0.5, 0.6) is 11.5 Å². The van der Waals surface area contributed by atoms with Gasteiger partial charge in [0.1, 0.15) is 29.7 Å². The molecule has 20 heavy (non-hydrogen) atoms. The molecule has 0 amide bonds. The van der Waals surface area contributed by atoms with Gasteiger partial charge in [0, 0.05) is 11.6 Å². The summed E-state index contributed by atoms with van der Waals surface area (Å²) < 4.78 is 36.8. The molecule has 0 fully saturated rings. The highest BCUT2D eigenvalue weighted by Crippen LogP contribution is 2.20. The second-order valence-electron chi connectivity index (χ2n) is 4.26. The summed E-state index contributed by atoms with van der Waals surface area (Å²) in [6.45, 7) is 0.0921. The number of halogens is 2. The molecule has 1 atom stereocenters. The van der Waals surface area contributed by atoms with Crippen molar-refractivity contribution in [3.63, 3.8) is 0 Å². The standard InChI is InChI=1S/C15H15F2NO2/c1-19-11-3-5-12(6-4-11)20-9-15(18)13-7-2-10(16)8-14(13)17/h2-8,15H,9,18H2,1H3. The van der Waals surface area contributed by atoms with Crippen LogP contribution in [0.1, 0.15) is 11.6 Å². The molecule has 106 valence electrons. The van der Waals surface area contributed by atoms with E-state index in [9.17, 15) is 8.78 Å². The molecule has 0 heterocycles. The first kappa shape index (κ1) is 14.3. The van der Waals surface area contributed by atoms with E-state index in [2.05, 4.69) is 0 Å². The maximum atomic E-state index is 13.5. The summed E-state index contributed by atoms with van der Waals surface area (Å²) in [5, 5.41) is 0. The van der Waals surface area contributed by atoms with Crippen LogP contribution in [0.3, 0.4) is 0 Å². The lowest BCUT2D eigenvalue weighted by Crippen LogP contribution is -2.20. The van der Waals surface area contributed by atoms with Crippen LogP contribution in [0, 0.1) is 11.6 Å². The minimum atomic E-state index is -0.671. The van der Waals surface area contributed by atoms with Crippen molar-refractivity contribution >= 4 is 0 Å². The monoisotopic (exact) mass is 279 g/mol. The molecule has 2 rings (SSSR count). The van der Waals surface area contributed by atoms with Gasteiger partial charge < -0.3 is 15.2 Å². The Kier molecular flexibility index (Phi) is 4.53. The van der Waals surface area contributed by atoms with Crippen molar-refractivity contribution in [2.24, 2.45) is 5.73 Å². The molecule has 0 radical (unpaired) electrons. The second kappa shape index (κ2) is 6.34. The van der Waals surface area contributed by atoms with Gasteiger partial charge >= 0.3 is 0 Å². The van der Waals surface area contributed by atoms with Crippen molar-refractivity contribution in [2.75, 3.05) is 13.7 Å². The van der Waals surface area contributed by atoms with Gasteiger partial charge in [-0.25, -0.2) is 8.78 Å². The number of rotatable bonds is 5. The Morgan fingerprint density at radius 2 is 1.70 bits per heavy atom. The van der Waals surface area contributed by atoms with Crippen molar-refractivity contribution in [1.82, 2.24) is 0 Å². The zero-order valence-corrected chi connectivity index (χ0v) is 11.0. The summed E-state index contributed by atoms with van der Waals surface area (Å²) in [5.41, 5.74) is 6.06. The third-order valence-electron chi connectivity index (χ3n) is 2.85. The van der Waals surface area contributed by atoms with Gasteiger partial charge in [0.15, 0.2) is 0 Å². The quantitative estimate of drug-likeness (QED) is 0.915. The Morgan fingerprint density at radius 3 is 2.30 bits per heavy atom. The molecule has 1 unspecified atom stereocenters. The SMILES string of the molecule is COc1ccc(OCC(N)c2ccc(F)cc2F)cc1. The fourth-order valence-electron chi connectivity index (χ4n) is 1.75. The number of benzene rings is 2. The molecule has 0 aliphatic heterocycles. The minimum Gasteiger partial charge on any atom is -0.497 e. The van der Waals surface area contributed by atoms with Crippen LogP contribution in [-0.2, 0) is 0 Å².